The van der Waals surface area contributed by atoms with Gasteiger partial charge in [-0.3, -0.25) is 0 Å². The number of thiol groups is 1. The van der Waals surface area contributed by atoms with Gasteiger partial charge in [-0.05, 0) is 63.7 Å². The van der Waals surface area contributed by atoms with Gasteiger partial charge in [0, 0.05) is 12.6 Å². The summed E-state index contributed by atoms with van der Waals surface area (Å²) in [4.78, 5) is 2.66. The van der Waals surface area contributed by atoms with Crippen LogP contribution in [0.3, 0.4) is 0 Å². The van der Waals surface area contributed by atoms with Crippen LogP contribution in [-0.2, 0) is 0 Å². The molecule has 0 spiro atoms. The van der Waals surface area contributed by atoms with Crippen LogP contribution in [-0.4, -0.2) is 29.8 Å². The van der Waals surface area contributed by atoms with E-state index in [1.807, 2.05) is 0 Å². The SMILES string of the molecule is CC(CCS)CCN(CC1CC1)C(C)C. The molecule has 2 heteroatoms. The molecule has 0 N–H and O–H groups in total. The maximum Gasteiger partial charge on any atom is 0.00387 e. The zero-order valence-corrected chi connectivity index (χ0v) is 11.5. The van der Waals surface area contributed by atoms with Crippen molar-refractivity contribution in [2.24, 2.45) is 11.8 Å². The summed E-state index contributed by atoms with van der Waals surface area (Å²) >= 11 is 4.30. The normalized spacial score (nSPS) is 18.8. The van der Waals surface area contributed by atoms with Crippen molar-refractivity contribution >= 4 is 12.6 Å². The lowest BCUT2D eigenvalue weighted by Crippen LogP contribution is -2.34. The van der Waals surface area contributed by atoms with E-state index in [0.29, 0.717) is 6.04 Å². The van der Waals surface area contributed by atoms with Gasteiger partial charge >= 0.3 is 0 Å². The van der Waals surface area contributed by atoms with Crippen LogP contribution < -0.4 is 0 Å². The lowest BCUT2D eigenvalue weighted by atomic mass is 10.0. The van der Waals surface area contributed by atoms with Crippen LogP contribution in [0, 0.1) is 11.8 Å². The first-order valence-corrected chi connectivity index (χ1v) is 7.11. The predicted molar refractivity (Wildman–Crippen MR) is 71.7 cm³/mol. The Labute approximate surface area is 101 Å². The van der Waals surface area contributed by atoms with Crippen LogP contribution in [0.25, 0.3) is 0 Å². The van der Waals surface area contributed by atoms with Gasteiger partial charge in [0.1, 0.15) is 0 Å². The van der Waals surface area contributed by atoms with Crippen LogP contribution >= 0.6 is 12.6 Å². The molecular weight excluding hydrogens is 202 g/mol. The second-order valence-corrected chi connectivity index (χ2v) is 5.89. The highest BCUT2D eigenvalue weighted by atomic mass is 32.1. The third-order valence-corrected chi connectivity index (χ3v) is 3.71. The first-order valence-electron chi connectivity index (χ1n) is 6.48. The van der Waals surface area contributed by atoms with Gasteiger partial charge in [-0.2, -0.15) is 12.6 Å². The fourth-order valence-electron chi connectivity index (χ4n) is 1.94. The van der Waals surface area contributed by atoms with Crippen molar-refractivity contribution in [1.82, 2.24) is 4.90 Å². The first kappa shape index (κ1) is 13.4. The van der Waals surface area contributed by atoms with Crippen LogP contribution in [0.1, 0.15) is 46.5 Å². The second-order valence-electron chi connectivity index (χ2n) is 5.44. The fraction of sp³-hybridized carbons (Fsp3) is 1.00. The highest BCUT2D eigenvalue weighted by Gasteiger charge is 2.25. The van der Waals surface area contributed by atoms with Crippen molar-refractivity contribution in [1.29, 1.82) is 0 Å². The number of rotatable bonds is 8. The molecule has 0 aromatic carbocycles. The summed E-state index contributed by atoms with van der Waals surface area (Å²) in [7, 11) is 0. The van der Waals surface area contributed by atoms with Crippen LogP contribution in [0.4, 0.5) is 0 Å². The van der Waals surface area contributed by atoms with Gasteiger partial charge < -0.3 is 4.90 Å². The van der Waals surface area contributed by atoms with Crippen molar-refractivity contribution in [2.45, 2.75) is 52.5 Å². The van der Waals surface area contributed by atoms with Crippen LogP contribution in [0.2, 0.25) is 0 Å². The molecule has 1 aliphatic carbocycles. The highest BCUT2D eigenvalue weighted by Crippen LogP contribution is 2.30. The molecule has 0 heterocycles. The lowest BCUT2D eigenvalue weighted by Gasteiger charge is -2.27. The summed E-state index contributed by atoms with van der Waals surface area (Å²) < 4.78 is 0. The van der Waals surface area contributed by atoms with Gasteiger partial charge in [-0.1, -0.05) is 6.92 Å². The lowest BCUT2D eigenvalue weighted by molar-refractivity contribution is 0.198. The third-order valence-electron chi connectivity index (χ3n) is 3.45. The van der Waals surface area contributed by atoms with E-state index in [-0.39, 0.29) is 0 Å². The first-order chi connectivity index (χ1) is 7.13. The molecule has 1 fully saturated rings. The highest BCUT2D eigenvalue weighted by molar-refractivity contribution is 7.80. The number of nitrogens with zero attached hydrogens (tertiary/aromatic N) is 1. The third kappa shape index (κ3) is 5.82. The molecule has 90 valence electrons. The van der Waals surface area contributed by atoms with Crippen molar-refractivity contribution in [2.75, 3.05) is 18.8 Å². The summed E-state index contributed by atoms with van der Waals surface area (Å²) in [6, 6.07) is 0.716. The minimum absolute atomic E-state index is 0.716. The van der Waals surface area contributed by atoms with Crippen molar-refractivity contribution in [3.05, 3.63) is 0 Å². The summed E-state index contributed by atoms with van der Waals surface area (Å²) in [5.74, 6) is 2.89. The maximum atomic E-state index is 4.30. The van der Waals surface area contributed by atoms with E-state index < -0.39 is 0 Å². The van der Waals surface area contributed by atoms with E-state index in [2.05, 4.69) is 38.3 Å². The fourth-order valence-corrected chi connectivity index (χ4v) is 2.38. The molecule has 0 saturated heterocycles. The van der Waals surface area contributed by atoms with E-state index in [1.165, 1.54) is 38.8 Å². The van der Waals surface area contributed by atoms with E-state index in [9.17, 15) is 0 Å². The second kappa shape index (κ2) is 6.80. The molecule has 0 aromatic heterocycles. The molecule has 1 aliphatic rings. The van der Waals surface area contributed by atoms with E-state index >= 15 is 0 Å². The maximum absolute atomic E-state index is 4.30. The van der Waals surface area contributed by atoms with Crippen LogP contribution in [0.5, 0.6) is 0 Å². The summed E-state index contributed by atoms with van der Waals surface area (Å²) in [5, 5.41) is 0. The van der Waals surface area contributed by atoms with Gasteiger partial charge in [-0.25, -0.2) is 0 Å². The quantitative estimate of drug-likeness (QED) is 0.624. The topological polar surface area (TPSA) is 3.24 Å². The van der Waals surface area contributed by atoms with Gasteiger partial charge in [0.25, 0.3) is 0 Å². The molecule has 1 atom stereocenters. The minimum Gasteiger partial charge on any atom is -0.301 e. The molecule has 0 bridgehead atoms. The average Bonchev–Trinajstić information content (AvgIpc) is 2.95. The zero-order valence-electron chi connectivity index (χ0n) is 10.6. The standard InChI is InChI=1S/C13H27NS/c1-11(2)14(10-13-4-5-13)8-6-12(3)7-9-15/h11-13,15H,4-10H2,1-3H3. The smallest absolute Gasteiger partial charge is 0.00387 e. The minimum atomic E-state index is 0.716. The largest absolute Gasteiger partial charge is 0.301 e. The number of hydrogen-bond acceptors (Lipinski definition) is 2. The van der Waals surface area contributed by atoms with Crippen molar-refractivity contribution in [3.8, 4) is 0 Å². The molecule has 0 aliphatic heterocycles. The Morgan fingerprint density at radius 1 is 1.20 bits per heavy atom. The van der Waals surface area contributed by atoms with Crippen molar-refractivity contribution in [3.63, 3.8) is 0 Å². The molecule has 1 rings (SSSR count). The molecule has 15 heavy (non-hydrogen) atoms. The molecule has 0 amide bonds. The summed E-state index contributed by atoms with van der Waals surface area (Å²) in [6.45, 7) is 9.62. The van der Waals surface area contributed by atoms with Gasteiger partial charge in [-0.15, -0.1) is 0 Å². The van der Waals surface area contributed by atoms with Gasteiger partial charge in [0.2, 0.25) is 0 Å². The monoisotopic (exact) mass is 229 g/mol. The summed E-state index contributed by atoms with van der Waals surface area (Å²) in [5.41, 5.74) is 0. The Hall–Kier alpha value is 0.310. The average molecular weight is 229 g/mol. The Morgan fingerprint density at radius 2 is 1.87 bits per heavy atom. The molecule has 1 nitrogen and oxygen atoms in total. The van der Waals surface area contributed by atoms with E-state index in [4.69, 9.17) is 0 Å². The van der Waals surface area contributed by atoms with Gasteiger partial charge in [0.05, 0.1) is 0 Å². The van der Waals surface area contributed by atoms with E-state index in [0.717, 1.165) is 17.6 Å². The Morgan fingerprint density at radius 3 is 2.33 bits per heavy atom. The Balaban J connectivity index is 2.18. The van der Waals surface area contributed by atoms with E-state index in [1.54, 1.807) is 0 Å². The molecule has 0 radical (unpaired) electrons. The molecule has 1 unspecified atom stereocenters. The number of hydrogen-bond donors (Lipinski definition) is 1. The van der Waals surface area contributed by atoms with Gasteiger partial charge in [0.15, 0.2) is 0 Å². The molecule has 0 aromatic rings. The zero-order chi connectivity index (χ0) is 11.3. The predicted octanol–water partition coefficient (Wildman–Crippen LogP) is 3.45. The Bertz CT molecular complexity index is 166. The molecular formula is C13H27NS. The van der Waals surface area contributed by atoms with Crippen LogP contribution in [0.15, 0.2) is 0 Å². The Kier molecular flexibility index (Phi) is 6.06. The van der Waals surface area contributed by atoms with Crippen molar-refractivity contribution < 1.29 is 0 Å². The molecule has 1 saturated carbocycles. The summed E-state index contributed by atoms with van der Waals surface area (Å²) in [6.07, 6.45) is 5.54.